The van der Waals surface area contributed by atoms with E-state index < -0.39 is 0 Å². The molecule has 0 aliphatic heterocycles. The van der Waals surface area contributed by atoms with Crippen LogP contribution < -0.4 is 0 Å². The Labute approximate surface area is 98.0 Å². The number of carbonyl (C=O) groups excluding carboxylic acids is 2. The Balaban J connectivity index is 3.93. The summed E-state index contributed by atoms with van der Waals surface area (Å²) >= 11 is 0. The average molecular weight is 229 g/mol. The zero-order valence-corrected chi connectivity index (χ0v) is 10.9. The van der Waals surface area contributed by atoms with Crippen molar-refractivity contribution < 1.29 is 14.3 Å². The largest absolute Gasteiger partial charge is 0.469 e. The van der Waals surface area contributed by atoms with Gasteiger partial charge in [-0.1, -0.05) is 20.8 Å². The Morgan fingerprint density at radius 3 is 2.25 bits per heavy atom. The van der Waals surface area contributed by atoms with Gasteiger partial charge in [0, 0.05) is 25.9 Å². The van der Waals surface area contributed by atoms with Crippen LogP contribution in [0.15, 0.2) is 0 Å². The standard InChI is InChI=1S/C12H23NO3/c1-9(2)10(3)12(15)13(4)8-6-7-11(14)16-5/h9-10H,6-8H2,1-5H3. The van der Waals surface area contributed by atoms with Crippen molar-refractivity contribution in [1.82, 2.24) is 4.90 Å². The normalized spacial score (nSPS) is 12.4. The van der Waals surface area contributed by atoms with Gasteiger partial charge in [-0.2, -0.15) is 0 Å². The highest BCUT2D eigenvalue weighted by atomic mass is 16.5. The van der Waals surface area contributed by atoms with Gasteiger partial charge in [-0.05, 0) is 12.3 Å². The summed E-state index contributed by atoms with van der Waals surface area (Å²) in [7, 11) is 3.15. The number of hydrogen-bond acceptors (Lipinski definition) is 3. The van der Waals surface area contributed by atoms with E-state index in [2.05, 4.69) is 4.74 Å². The van der Waals surface area contributed by atoms with Crippen molar-refractivity contribution in [3.8, 4) is 0 Å². The molecule has 0 radical (unpaired) electrons. The van der Waals surface area contributed by atoms with Gasteiger partial charge in [-0.25, -0.2) is 0 Å². The summed E-state index contributed by atoms with van der Waals surface area (Å²) in [6.07, 6.45) is 1.02. The molecule has 1 amide bonds. The van der Waals surface area contributed by atoms with Crippen molar-refractivity contribution in [3.63, 3.8) is 0 Å². The van der Waals surface area contributed by atoms with E-state index in [9.17, 15) is 9.59 Å². The van der Waals surface area contributed by atoms with Crippen molar-refractivity contribution in [2.75, 3.05) is 20.7 Å². The molecular weight excluding hydrogens is 206 g/mol. The van der Waals surface area contributed by atoms with Crippen LogP contribution in [0.4, 0.5) is 0 Å². The van der Waals surface area contributed by atoms with Crippen LogP contribution in [0.1, 0.15) is 33.6 Å². The minimum absolute atomic E-state index is 0.0307. The zero-order chi connectivity index (χ0) is 12.7. The van der Waals surface area contributed by atoms with Crippen molar-refractivity contribution in [3.05, 3.63) is 0 Å². The van der Waals surface area contributed by atoms with Crippen molar-refractivity contribution in [1.29, 1.82) is 0 Å². The third-order valence-corrected chi connectivity index (χ3v) is 2.87. The van der Waals surface area contributed by atoms with E-state index in [0.29, 0.717) is 25.3 Å². The molecule has 0 saturated heterocycles. The summed E-state index contributed by atoms with van der Waals surface area (Å²) in [5, 5.41) is 0. The van der Waals surface area contributed by atoms with E-state index in [1.54, 1.807) is 11.9 Å². The first-order valence-electron chi connectivity index (χ1n) is 5.72. The van der Waals surface area contributed by atoms with Crippen LogP contribution >= 0.6 is 0 Å². The average Bonchev–Trinajstić information content (AvgIpc) is 2.26. The molecule has 0 aliphatic rings. The zero-order valence-electron chi connectivity index (χ0n) is 10.9. The first kappa shape index (κ1) is 14.9. The Bertz CT molecular complexity index is 238. The van der Waals surface area contributed by atoms with Crippen LogP contribution in [-0.2, 0) is 14.3 Å². The van der Waals surface area contributed by atoms with Crippen molar-refractivity contribution in [2.24, 2.45) is 11.8 Å². The molecule has 1 unspecified atom stereocenters. The summed E-state index contributed by atoms with van der Waals surface area (Å²) < 4.78 is 4.54. The fourth-order valence-electron chi connectivity index (χ4n) is 1.31. The van der Waals surface area contributed by atoms with E-state index in [0.717, 1.165) is 0 Å². The monoisotopic (exact) mass is 229 g/mol. The Kier molecular flexibility index (Phi) is 6.77. The van der Waals surface area contributed by atoms with E-state index in [1.807, 2.05) is 20.8 Å². The summed E-state index contributed by atoms with van der Waals surface area (Å²) in [4.78, 5) is 24.4. The van der Waals surface area contributed by atoms with E-state index >= 15 is 0 Å². The molecule has 0 aromatic carbocycles. The molecule has 16 heavy (non-hydrogen) atoms. The van der Waals surface area contributed by atoms with Gasteiger partial charge in [0.25, 0.3) is 0 Å². The minimum atomic E-state index is -0.224. The molecule has 1 atom stereocenters. The van der Waals surface area contributed by atoms with Gasteiger partial charge in [0.05, 0.1) is 7.11 Å². The highest BCUT2D eigenvalue weighted by molar-refractivity contribution is 5.78. The van der Waals surface area contributed by atoms with Gasteiger partial charge in [0.2, 0.25) is 5.91 Å². The number of amides is 1. The molecule has 4 heteroatoms. The molecule has 0 fully saturated rings. The third kappa shape index (κ3) is 5.14. The molecule has 0 N–H and O–H groups in total. The van der Waals surface area contributed by atoms with Crippen LogP contribution in [0.5, 0.6) is 0 Å². The first-order chi connectivity index (χ1) is 7.40. The lowest BCUT2D eigenvalue weighted by atomic mass is 9.97. The molecule has 94 valence electrons. The molecule has 0 aromatic rings. The highest BCUT2D eigenvalue weighted by Crippen LogP contribution is 2.12. The van der Waals surface area contributed by atoms with E-state index in [1.165, 1.54) is 7.11 Å². The lowest BCUT2D eigenvalue weighted by Gasteiger charge is -2.23. The predicted molar refractivity (Wildman–Crippen MR) is 62.9 cm³/mol. The number of methoxy groups -OCH3 is 1. The maximum atomic E-state index is 11.8. The second-order valence-electron chi connectivity index (χ2n) is 4.47. The van der Waals surface area contributed by atoms with Crippen LogP contribution in [0, 0.1) is 11.8 Å². The summed E-state index contributed by atoms with van der Waals surface area (Å²) in [6, 6.07) is 0. The molecule has 0 rings (SSSR count). The van der Waals surface area contributed by atoms with Crippen molar-refractivity contribution in [2.45, 2.75) is 33.6 Å². The molecule has 0 spiro atoms. The van der Waals surface area contributed by atoms with Crippen molar-refractivity contribution >= 4 is 11.9 Å². The minimum Gasteiger partial charge on any atom is -0.469 e. The maximum absolute atomic E-state index is 11.8. The van der Waals surface area contributed by atoms with E-state index in [-0.39, 0.29) is 17.8 Å². The lowest BCUT2D eigenvalue weighted by molar-refractivity contribution is -0.141. The second-order valence-corrected chi connectivity index (χ2v) is 4.47. The quantitative estimate of drug-likeness (QED) is 0.651. The third-order valence-electron chi connectivity index (χ3n) is 2.87. The van der Waals surface area contributed by atoms with Crippen LogP contribution in [0.3, 0.4) is 0 Å². The molecule has 0 saturated carbocycles. The number of rotatable bonds is 6. The summed E-state index contributed by atoms with van der Waals surface area (Å²) in [6.45, 7) is 6.60. The fraction of sp³-hybridized carbons (Fsp3) is 0.833. The molecular formula is C12H23NO3. The van der Waals surface area contributed by atoms with Gasteiger partial charge in [-0.3, -0.25) is 9.59 Å². The number of carbonyl (C=O) groups is 2. The van der Waals surface area contributed by atoms with Gasteiger partial charge >= 0.3 is 5.97 Å². The molecule has 0 aromatic heterocycles. The fourth-order valence-corrected chi connectivity index (χ4v) is 1.31. The van der Waals surface area contributed by atoms with Gasteiger partial charge in [0.1, 0.15) is 0 Å². The topological polar surface area (TPSA) is 46.6 Å². The summed E-state index contributed by atoms with van der Waals surface area (Å²) in [5.41, 5.74) is 0. The van der Waals surface area contributed by atoms with Gasteiger partial charge < -0.3 is 9.64 Å². The SMILES string of the molecule is COC(=O)CCCN(C)C(=O)C(C)C(C)C. The lowest BCUT2D eigenvalue weighted by Crippen LogP contribution is -2.34. The summed E-state index contributed by atoms with van der Waals surface area (Å²) in [5.74, 6) is 0.288. The van der Waals surface area contributed by atoms with E-state index in [4.69, 9.17) is 0 Å². The number of hydrogen-bond donors (Lipinski definition) is 0. The van der Waals surface area contributed by atoms with Crippen LogP contribution in [-0.4, -0.2) is 37.5 Å². The number of nitrogens with zero attached hydrogens (tertiary/aromatic N) is 1. The highest BCUT2D eigenvalue weighted by Gasteiger charge is 2.20. The predicted octanol–water partition coefficient (Wildman–Crippen LogP) is 1.69. The smallest absolute Gasteiger partial charge is 0.305 e. The second kappa shape index (κ2) is 7.25. The molecule has 0 heterocycles. The molecule has 0 bridgehead atoms. The first-order valence-corrected chi connectivity index (χ1v) is 5.72. The van der Waals surface area contributed by atoms with Crippen LogP contribution in [0.25, 0.3) is 0 Å². The molecule has 4 nitrogen and oxygen atoms in total. The Hall–Kier alpha value is -1.06. The van der Waals surface area contributed by atoms with Crippen LogP contribution in [0.2, 0.25) is 0 Å². The van der Waals surface area contributed by atoms with Gasteiger partial charge in [-0.15, -0.1) is 0 Å². The van der Waals surface area contributed by atoms with Gasteiger partial charge in [0.15, 0.2) is 0 Å². The Morgan fingerprint density at radius 1 is 1.25 bits per heavy atom. The molecule has 0 aliphatic carbocycles. The number of ether oxygens (including phenoxy) is 1. The Morgan fingerprint density at radius 2 is 1.81 bits per heavy atom. The number of esters is 1. The maximum Gasteiger partial charge on any atom is 0.305 e.